The van der Waals surface area contributed by atoms with Gasteiger partial charge in [0.05, 0.1) is 5.75 Å². The third-order valence-electron chi connectivity index (χ3n) is 1.90. The number of nitrogen functional groups attached to an aromatic ring is 1. The number of benzene rings is 1. The van der Waals surface area contributed by atoms with Crippen LogP contribution in [0.15, 0.2) is 24.3 Å². The Kier molecular flexibility index (Phi) is 4.35. The zero-order chi connectivity index (χ0) is 12.0. The monoisotopic (exact) mass is 238 g/mol. The predicted molar refractivity (Wildman–Crippen MR) is 64.9 cm³/mol. The first-order chi connectivity index (χ1) is 7.53. The molecule has 0 bridgehead atoms. The van der Waals surface area contributed by atoms with Gasteiger partial charge in [-0.15, -0.1) is 12.3 Å². The molecule has 3 N–H and O–H groups in total. The van der Waals surface area contributed by atoms with Crippen LogP contribution in [-0.4, -0.2) is 15.0 Å². The van der Waals surface area contributed by atoms with Crippen molar-refractivity contribution in [2.24, 2.45) is 0 Å². The minimum Gasteiger partial charge on any atom is -0.399 e. The standard InChI is InChI=1S/C11H14N2O2S/c1-2-3-7-13-16(14,15)9-10-5-4-6-11(12)8-10/h1,4-6,8,13H,3,7,9,12H2. The van der Waals surface area contributed by atoms with Gasteiger partial charge >= 0.3 is 0 Å². The lowest BCUT2D eigenvalue weighted by Gasteiger charge is -2.05. The van der Waals surface area contributed by atoms with Gasteiger partial charge in [0.15, 0.2) is 0 Å². The first kappa shape index (κ1) is 12.6. The van der Waals surface area contributed by atoms with Crippen LogP contribution < -0.4 is 10.5 Å². The number of hydrogen-bond donors (Lipinski definition) is 2. The molecule has 1 rings (SSSR count). The number of hydrogen-bond acceptors (Lipinski definition) is 3. The van der Waals surface area contributed by atoms with E-state index in [2.05, 4.69) is 10.6 Å². The summed E-state index contributed by atoms with van der Waals surface area (Å²) in [5.74, 6) is 2.29. The van der Waals surface area contributed by atoms with Crippen LogP contribution in [-0.2, 0) is 15.8 Å². The summed E-state index contributed by atoms with van der Waals surface area (Å²) in [4.78, 5) is 0. The maximum atomic E-state index is 11.6. The van der Waals surface area contributed by atoms with E-state index in [4.69, 9.17) is 12.2 Å². The van der Waals surface area contributed by atoms with Crippen molar-refractivity contribution in [1.82, 2.24) is 4.72 Å². The van der Waals surface area contributed by atoms with Gasteiger partial charge in [-0.05, 0) is 17.7 Å². The highest BCUT2D eigenvalue weighted by Crippen LogP contribution is 2.09. The van der Waals surface area contributed by atoms with Gasteiger partial charge in [-0.25, -0.2) is 13.1 Å². The van der Waals surface area contributed by atoms with Crippen molar-refractivity contribution >= 4 is 15.7 Å². The van der Waals surface area contributed by atoms with E-state index in [1.165, 1.54) is 0 Å². The molecule has 0 aromatic heterocycles. The summed E-state index contributed by atoms with van der Waals surface area (Å²) in [7, 11) is -3.32. The summed E-state index contributed by atoms with van der Waals surface area (Å²) in [6.45, 7) is 0.265. The van der Waals surface area contributed by atoms with E-state index in [1.807, 2.05) is 0 Å². The van der Waals surface area contributed by atoms with Crippen LogP contribution in [0, 0.1) is 12.3 Å². The average Bonchev–Trinajstić information content (AvgIpc) is 2.17. The fourth-order valence-electron chi connectivity index (χ4n) is 1.23. The lowest BCUT2D eigenvalue weighted by molar-refractivity contribution is 0.581. The maximum Gasteiger partial charge on any atom is 0.215 e. The molecule has 0 unspecified atom stereocenters. The third-order valence-corrected chi connectivity index (χ3v) is 3.26. The van der Waals surface area contributed by atoms with E-state index in [0.717, 1.165) is 0 Å². The van der Waals surface area contributed by atoms with Crippen molar-refractivity contribution in [3.63, 3.8) is 0 Å². The normalized spacial score (nSPS) is 10.9. The summed E-state index contributed by atoms with van der Waals surface area (Å²) in [5.41, 5.74) is 6.77. The fourth-order valence-corrected chi connectivity index (χ4v) is 2.37. The van der Waals surface area contributed by atoms with E-state index in [-0.39, 0.29) is 12.3 Å². The highest BCUT2D eigenvalue weighted by molar-refractivity contribution is 7.88. The Morgan fingerprint density at radius 1 is 1.44 bits per heavy atom. The second-order valence-corrected chi connectivity index (χ2v) is 5.16. The zero-order valence-corrected chi connectivity index (χ0v) is 9.63. The van der Waals surface area contributed by atoms with Gasteiger partial charge in [0.25, 0.3) is 0 Å². The van der Waals surface area contributed by atoms with Crippen LogP contribution in [0.4, 0.5) is 5.69 Å². The first-order valence-electron chi connectivity index (χ1n) is 4.79. The molecule has 0 spiro atoms. The van der Waals surface area contributed by atoms with Crippen molar-refractivity contribution in [1.29, 1.82) is 0 Å². The third kappa shape index (κ3) is 4.34. The van der Waals surface area contributed by atoms with Gasteiger partial charge in [0.1, 0.15) is 0 Å². The molecule has 4 nitrogen and oxygen atoms in total. The van der Waals surface area contributed by atoms with Gasteiger partial charge in [-0.1, -0.05) is 12.1 Å². The number of sulfonamides is 1. The number of nitrogens with two attached hydrogens (primary N) is 1. The summed E-state index contributed by atoms with van der Waals surface area (Å²) < 4.78 is 25.5. The lowest BCUT2D eigenvalue weighted by atomic mass is 10.2. The molecular weight excluding hydrogens is 224 g/mol. The van der Waals surface area contributed by atoms with Crippen molar-refractivity contribution in [3.05, 3.63) is 29.8 Å². The molecule has 1 aromatic rings. The van der Waals surface area contributed by atoms with E-state index in [9.17, 15) is 8.42 Å². The van der Waals surface area contributed by atoms with Gasteiger partial charge in [0.2, 0.25) is 10.0 Å². The summed E-state index contributed by atoms with van der Waals surface area (Å²) >= 11 is 0. The zero-order valence-electron chi connectivity index (χ0n) is 8.81. The first-order valence-corrected chi connectivity index (χ1v) is 6.44. The van der Waals surface area contributed by atoms with Gasteiger partial charge in [0, 0.05) is 18.7 Å². The topological polar surface area (TPSA) is 72.2 Å². The van der Waals surface area contributed by atoms with Crippen LogP contribution in [0.25, 0.3) is 0 Å². The van der Waals surface area contributed by atoms with Crippen LogP contribution in [0.2, 0.25) is 0 Å². The molecule has 0 heterocycles. The Morgan fingerprint density at radius 3 is 2.81 bits per heavy atom. The quantitative estimate of drug-likeness (QED) is 0.451. The molecular formula is C11H14N2O2S. The number of anilines is 1. The molecule has 0 saturated carbocycles. The molecule has 86 valence electrons. The van der Waals surface area contributed by atoms with Gasteiger partial charge < -0.3 is 5.73 Å². The van der Waals surface area contributed by atoms with Crippen LogP contribution >= 0.6 is 0 Å². The second kappa shape index (κ2) is 5.54. The molecule has 0 fully saturated rings. The SMILES string of the molecule is C#CCCNS(=O)(=O)Cc1cccc(N)c1. The Morgan fingerprint density at radius 2 is 2.19 bits per heavy atom. The van der Waals surface area contributed by atoms with Crippen molar-refractivity contribution in [2.45, 2.75) is 12.2 Å². The van der Waals surface area contributed by atoms with Crippen LogP contribution in [0.3, 0.4) is 0 Å². The predicted octanol–water partition coefficient (Wildman–Crippen LogP) is 0.711. The molecule has 0 radical (unpaired) electrons. The largest absolute Gasteiger partial charge is 0.399 e. The van der Waals surface area contributed by atoms with Gasteiger partial charge in [-0.3, -0.25) is 0 Å². The second-order valence-electron chi connectivity index (χ2n) is 3.35. The summed E-state index contributed by atoms with van der Waals surface area (Å²) in [5, 5.41) is 0. The Bertz CT molecular complexity index is 489. The molecule has 5 heteroatoms. The molecule has 0 amide bonds. The fraction of sp³-hybridized carbons (Fsp3) is 0.273. The molecule has 0 saturated heterocycles. The Balaban J connectivity index is 2.63. The highest BCUT2D eigenvalue weighted by Gasteiger charge is 2.10. The number of terminal acetylenes is 1. The molecule has 16 heavy (non-hydrogen) atoms. The Labute approximate surface area is 95.9 Å². The Hall–Kier alpha value is -1.51. The minimum atomic E-state index is -3.32. The smallest absolute Gasteiger partial charge is 0.215 e. The number of nitrogens with one attached hydrogen (secondary N) is 1. The molecule has 0 atom stereocenters. The van der Waals surface area contributed by atoms with Crippen LogP contribution in [0.5, 0.6) is 0 Å². The van der Waals surface area contributed by atoms with Crippen LogP contribution in [0.1, 0.15) is 12.0 Å². The summed E-state index contributed by atoms with van der Waals surface area (Å²) in [6, 6.07) is 6.79. The molecule has 1 aromatic carbocycles. The van der Waals surface area contributed by atoms with Crippen molar-refractivity contribution < 1.29 is 8.42 Å². The van der Waals surface area contributed by atoms with E-state index in [0.29, 0.717) is 17.7 Å². The highest BCUT2D eigenvalue weighted by atomic mass is 32.2. The van der Waals surface area contributed by atoms with Crippen molar-refractivity contribution in [3.8, 4) is 12.3 Å². The minimum absolute atomic E-state index is 0.0807. The van der Waals surface area contributed by atoms with Gasteiger partial charge in [-0.2, -0.15) is 0 Å². The van der Waals surface area contributed by atoms with E-state index in [1.54, 1.807) is 24.3 Å². The lowest BCUT2D eigenvalue weighted by Crippen LogP contribution is -2.25. The molecule has 0 aliphatic rings. The molecule has 0 aliphatic heterocycles. The summed E-state index contributed by atoms with van der Waals surface area (Å²) in [6.07, 6.45) is 5.41. The maximum absolute atomic E-state index is 11.6. The molecule has 0 aliphatic carbocycles. The van der Waals surface area contributed by atoms with Crippen molar-refractivity contribution in [2.75, 3.05) is 12.3 Å². The van der Waals surface area contributed by atoms with E-state index >= 15 is 0 Å². The number of rotatable bonds is 5. The van der Waals surface area contributed by atoms with E-state index < -0.39 is 10.0 Å². The average molecular weight is 238 g/mol.